The van der Waals surface area contributed by atoms with Gasteiger partial charge in [0.25, 0.3) is 5.91 Å². The number of benzene rings is 1. The van der Waals surface area contributed by atoms with E-state index < -0.39 is 0 Å². The zero-order valence-electron chi connectivity index (χ0n) is 9.36. The Bertz CT molecular complexity index is 410. The van der Waals surface area contributed by atoms with Gasteiger partial charge in [0, 0.05) is 18.7 Å². The van der Waals surface area contributed by atoms with Crippen molar-refractivity contribution in [2.45, 2.75) is 13.0 Å². The Labute approximate surface area is 94.8 Å². The average molecular weight is 218 g/mol. The third kappa shape index (κ3) is 3.37. The Kier molecular flexibility index (Phi) is 4.49. The highest BCUT2D eigenvalue weighted by atomic mass is 16.5. The molecule has 0 unspecified atom stereocenters. The molecule has 1 aromatic carbocycles. The maximum atomic E-state index is 11.7. The van der Waals surface area contributed by atoms with Gasteiger partial charge in [-0.2, -0.15) is 5.26 Å². The molecule has 0 aliphatic rings. The van der Waals surface area contributed by atoms with Gasteiger partial charge in [0.2, 0.25) is 0 Å². The fourth-order valence-corrected chi connectivity index (χ4v) is 1.33. The predicted octanol–water partition coefficient (Wildman–Crippen LogP) is 1.32. The molecule has 0 heterocycles. The van der Waals surface area contributed by atoms with Gasteiger partial charge in [-0.15, -0.1) is 0 Å². The lowest BCUT2D eigenvalue weighted by molar-refractivity contribution is 0.0905. The Morgan fingerprint density at radius 2 is 2.38 bits per heavy atom. The molecular formula is C12H14N2O2. The van der Waals surface area contributed by atoms with E-state index in [1.165, 1.54) is 0 Å². The minimum Gasteiger partial charge on any atom is -0.383 e. The summed E-state index contributed by atoms with van der Waals surface area (Å²) in [6.07, 6.45) is 0. The van der Waals surface area contributed by atoms with Gasteiger partial charge in [-0.05, 0) is 25.1 Å². The van der Waals surface area contributed by atoms with E-state index in [1.54, 1.807) is 31.4 Å². The van der Waals surface area contributed by atoms with E-state index >= 15 is 0 Å². The molecule has 1 aromatic rings. The minimum absolute atomic E-state index is 0.0526. The van der Waals surface area contributed by atoms with Crippen LogP contribution in [-0.4, -0.2) is 25.7 Å². The zero-order valence-corrected chi connectivity index (χ0v) is 9.36. The summed E-state index contributed by atoms with van der Waals surface area (Å²) >= 11 is 0. The number of ether oxygens (including phenoxy) is 1. The van der Waals surface area contributed by atoms with Crippen molar-refractivity contribution in [3.63, 3.8) is 0 Å². The van der Waals surface area contributed by atoms with Crippen molar-refractivity contribution in [2.75, 3.05) is 13.7 Å². The van der Waals surface area contributed by atoms with E-state index in [0.29, 0.717) is 17.7 Å². The fourth-order valence-electron chi connectivity index (χ4n) is 1.33. The minimum atomic E-state index is -0.193. The molecular weight excluding hydrogens is 204 g/mol. The first-order valence-corrected chi connectivity index (χ1v) is 4.97. The number of methoxy groups -OCH3 is 1. The number of carbonyl (C=O) groups excluding carboxylic acids is 1. The van der Waals surface area contributed by atoms with Crippen molar-refractivity contribution in [1.29, 1.82) is 5.26 Å². The molecule has 0 saturated carbocycles. The van der Waals surface area contributed by atoms with Crippen LogP contribution in [0.1, 0.15) is 22.8 Å². The highest BCUT2D eigenvalue weighted by Crippen LogP contribution is 2.04. The third-order valence-electron chi connectivity index (χ3n) is 2.05. The van der Waals surface area contributed by atoms with Gasteiger partial charge < -0.3 is 10.1 Å². The van der Waals surface area contributed by atoms with E-state index in [2.05, 4.69) is 5.32 Å². The summed E-state index contributed by atoms with van der Waals surface area (Å²) < 4.78 is 4.92. The normalized spacial score (nSPS) is 11.6. The molecule has 0 bridgehead atoms. The topological polar surface area (TPSA) is 62.1 Å². The Balaban J connectivity index is 2.70. The molecule has 4 heteroatoms. The number of hydrogen-bond acceptors (Lipinski definition) is 3. The largest absolute Gasteiger partial charge is 0.383 e. The van der Waals surface area contributed by atoms with Gasteiger partial charge in [-0.3, -0.25) is 4.79 Å². The Hall–Kier alpha value is -1.86. The maximum Gasteiger partial charge on any atom is 0.251 e. The van der Waals surface area contributed by atoms with E-state index in [0.717, 1.165) is 0 Å². The number of amides is 1. The van der Waals surface area contributed by atoms with Crippen LogP contribution < -0.4 is 5.32 Å². The number of nitriles is 1. The lowest BCUT2D eigenvalue weighted by Crippen LogP contribution is -2.35. The lowest BCUT2D eigenvalue weighted by atomic mass is 10.1. The number of nitrogens with one attached hydrogen (secondary N) is 1. The van der Waals surface area contributed by atoms with Crippen molar-refractivity contribution in [1.82, 2.24) is 5.32 Å². The molecule has 4 nitrogen and oxygen atoms in total. The molecule has 84 valence electrons. The van der Waals surface area contributed by atoms with Crippen molar-refractivity contribution in [3.8, 4) is 6.07 Å². The van der Waals surface area contributed by atoms with Crippen LogP contribution in [0.3, 0.4) is 0 Å². The van der Waals surface area contributed by atoms with Gasteiger partial charge in [0.05, 0.1) is 18.2 Å². The van der Waals surface area contributed by atoms with Crippen LogP contribution in [-0.2, 0) is 4.74 Å². The number of rotatable bonds is 4. The monoisotopic (exact) mass is 218 g/mol. The van der Waals surface area contributed by atoms with Crippen LogP contribution >= 0.6 is 0 Å². The van der Waals surface area contributed by atoms with Crippen molar-refractivity contribution in [2.24, 2.45) is 0 Å². The van der Waals surface area contributed by atoms with E-state index in [-0.39, 0.29) is 11.9 Å². The smallest absolute Gasteiger partial charge is 0.251 e. The first kappa shape index (κ1) is 12.2. The number of hydrogen-bond donors (Lipinski definition) is 1. The summed E-state index contributed by atoms with van der Waals surface area (Å²) in [4.78, 5) is 11.7. The van der Waals surface area contributed by atoms with Crippen LogP contribution in [0.25, 0.3) is 0 Å². The summed E-state index contributed by atoms with van der Waals surface area (Å²) in [5.41, 5.74) is 0.967. The van der Waals surface area contributed by atoms with E-state index in [9.17, 15) is 4.79 Å². The van der Waals surface area contributed by atoms with Gasteiger partial charge >= 0.3 is 0 Å². The molecule has 0 aromatic heterocycles. The van der Waals surface area contributed by atoms with Crippen LogP contribution in [0.2, 0.25) is 0 Å². The summed E-state index contributed by atoms with van der Waals surface area (Å²) in [5, 5.41) is 11.5. The first-order chi connectivity index (χ1) is 7.67. The molecule has 0 aliphatic carbocycles. The van der Waals surface area contributed by atoms with Gasteiger partial charge in [0.15, 0.2) is 0 Å². The second kappa shape index (κ2) is 5.89. The Morgan fingerprint density at radius 3 is 3.00 bits per heavy atom. The molecule has 0 spiro atoms. The van der Waals surface area contributed by atoms with Gasteiger partial charge in [-0.1, -0.05) is 6.07 Å². The predicted molar refractivity (Wildman–Crippen MR) is 60.0 cm³/mol. The Morgan fingerprint density at radius 1 is 1.62 bits per heavy atom. The van der Waals surface area contributed by atoms with Gasteiger partial charge in [0.1, 0.15) is 0 Å². The van der Waals surface area contributed by atoms with Crippen LogP contribution in [0.4, 0.5) is 0 Å². The highest BCUT2D eigenvalue weighted by molar-refractivity contribution is 5.94. The van der Waals surface area contributed by atoms with Crippen molar-refractivity contribution < 1.29 is 9.53 Å². The van der Waals surface area contributed by atoms with Crippen LogP contribution in [0, 0.1) is 11.3 Å². The standard InChI is InChI=1S/C12H14N2O2/c1-9(8-16-2)14-12(15)11-5-3-4-10(6-11)7-13/h3-6,9H,8H2,1-2H3,(H,14,15)/t9-/m1/s1. The molecule has 1 rings (SSSR count). The van der Waals surface area contributed by atoms with Gasteiger partial charge in [-0.25, -0.2) is 0 Å². The third-order valence-corrected chi connectivity index (χ3v) is 2.05. The lowest BCUT2D eigenvalue weighted by Gasteiger charge is -2.12. The van der Waals surface area contributed by atoms with Crippen LogP contribution in [0.5, 0.6) is 0 Å². The van der Waals surface area contributed by atoms with E-state index in [1.807, 2.05) is 13.0 Å². The maximum absolute atomic E-state index is 11.7. The molecule has 0 radical (unpaired) electrons. The van der Waals surface area contributed by atoms with E-state index in [4.69, 9.17) is 10.00 Å². The molecule has 1 atom stereocenters. The molecule has 1 amide bonds. The quantitative estimate of drug-likeness (QED) is 0.829. The van der Waals surface area contributed by atoms with Crippen LogP contribution in [0.15, 0.2) is 24.3 Å². The summed E-state index contributed by atoms with van der Waals surface area (Å²) in [6, 6.07) is 8.54. The second-order valence-corrected chi connectivity index (χ2v) is 3.52. The number of nitrogens with zero attached hydrogens (tertiary/aromatic N) is 1. The zero-order chi connectivity index (χ0) is 12.0. The number of carbonyl (C=O) groups is 1. The summed E-state index contributed by atoms with van der Waals surface area (Å²) in [7, 11) is 1.58. The highest BCUT2D eigenvalue weighted by Gasteiger charge is 2.09. The molecule has 1 N–H and O–H groups in total. The molecule has 0 saturated heterocycles. The van der Waals surface area contributed by atoms with Crippen molar-refractivity contribution in [3.05, 3.63) is 35.4 Å². The summed E-state index contributed by atoms with van der Waals surface area (Å²) in [6.45, 7) is 2.32. The fraction of sp³-hybridized carbons (Fsp3) is 0.333. The molecule has 0 fully saturated rings. The summed E-state index contributed by atoms with van der Waals surface area (Å²) in [5.74, 6) is -0.193. The second-order valence-electron chi connectivity index (χ2n) is 3.52. The molecule has 16 heavy (non-hydrogen) atoms. The SMILES string of the molecule is COC[C@@H](C)NC(=O)c1cccc(C#N)c1. The average Bonchev–Trinajstić information content (AvgIpc) is 2.29. The van der Waals surface area contributed by atoms with Crippen molar-refractivity contribution >= 4 is 5.91 Å². The molecule has 0 aliphatic heterocycles. The first-order valence-electron chi connectivity index (χ1n) is 4.97.